The smallest absolute Gasteiger partial charge is 0.297 e. The van der Waals surface area contributed by atoms with E-state index in [-0.39, 0.29) is 23.2 Å². The lowest BCUT2D eigenvalue weighted by molar-refractivity contribution is 0.658. The van der Waals surface area contributed by atoms with Crippen molar-refractivity contribution in [2.75, 3.05) is 0 Å². The standard InChI is InChI=1S/C12H13ClN4O2/c1-7(2)9-10(13)16-12(19)17(11(9)18)5-8-3-4-14-6-15-8/h3-4,6-7H,5H2,1-2H3,(H,16,19). The first-order valence-electron chi connectivity index (χ1n) is 5.78. The van der Waals surface area contributed by atoms with Gasteiger partial charge in [-0.25, -0.2) is 14.8 Å². The first-order valence-corrected chi connectivity index (χ1v) is 6.16. The van der Waals surface area contributed by atoms with Crippen LogP contribution in [-0.2, 0) is 6.54 Å². The van der Waals surface area contributed by atoms with Crippen LogP contribution in [0.2, 0.25) is 5.15 Å². The molecule has 0 saturated carbocycles. The van der Waals surface area contributed by atoms with Gasteiger partial charge in [0.1, 0.15) is 11.5 Å². The summed E-state index contributed by atoms with van der Waals surface area (Å²) in [6.07, 6.45) is 2.93. The van der Waals surface area contributed by atoms with Crippen LogP contribution in [0.15, 0.2) is 28.2 Å². The first kappa shape index (κ1) is 13.5. The number of nitrogens with one attached hydrogen (secondary N) is 1. The molecular weight excluding hydrogens is 268 g/mol. The van der Waals surface area contributed by atoms with Gasteiger partial charge in [-0.2, -0.15) is 0 Å². The molecule has 0 amide bonds. The van der Waals surface area contributed by atoms with Gasteiger partial charge in [0.25, 0.3) is 5.56 Å². The van der Waals surface area contributed by atoms with E-state index in [0.717, 1.165) is 4.57 Å². The van der Waals surface area contributed by atoms with Crippen LogP contribution < -0.4 is 11.2 Å². The van der Waals surface area contributed by atoms with Crippen LogP contribution in [0.5, 0.6) is 0 Å². The Hall–Kier alpha value is -1.95. The highest BCUT2D eigenvalue weighted by Crippen LogP contribution is 2.16. The third-order valence-electron chi connectivity index (χ3n) is 2.71. The van der Waals surface area contributed by atoms with Crippen molar-refractivity contribution in [2.45, 2.75) is 26.3 Å². The molecule has 100 valence electrons. The summed E-state index contributed by atoms with van der Waals surface area (Å²) in [6, 6.07) is 1.65. The zero-order chi connectivity index (χ0) is 14.0. The van der Waals surface area contributed by atoms with E-state index >= 15 is 0 Å². The van der Waals surface area contributed by atoms with Gasteiger partial charge in [0.15, 0.2) is 0 Å². The highest BCUT2D eigenvalue weighted by atomic mass is 35.5. The van der Waals surface area contributed by atoms with Crippen molar-refractivity contribution in [2.24, 2.45) is 0 Å². The molecule has 0 unspecified atom stereocenters. The van der Waals surface area contributed by atoms with E-state index in [1.54, 1.807) is 12.3 Å². The van der Waals surface area contributed by atoms with E-state index in [2.05, 4.69) is 15.0 Å². The molecule has 7 heteroatoms. The van der Waals surface area contributed by atoms with Crippen molar-refractivity contribution in [3.05, 3.63) is 55.8 Å². The molecule has 0 aliphatic rings. The molecular formula is C12H13ClN4O2. The summed E-state index contributed by atoms with van der Waals surface area (Å²) in [5.41, 5.74) is 0.0512. The van der Waals surface area contributed by atoms with E-state index in [1.165, 1.54) is 6.33 Å². The molecule has 0 aliphatic carbocycles. The molecule has 6 nitrogen and oxygen atoms in total. The van der Waals surface area contributed by atoms with Crippen LogP contribution in [0.4, 0.5) is 0 Å². The quantitative estimate of drug-likeness (QED) is 0.855. The predicted octanol–water partition coefficient (Wildman–Crippen LogP) is 1.15. The summed E-state index contributed by atoms with van der Waals surface area (Å²) < 4.78 is 1.09. The second-order valence-corrected chi connectivity index (χ2v) is 4.78. The Kier molecular flexibility index (Phi) is 3.80. The van der Waals surface area contributed by atoms with Crippen LogP contribution >= 0.6 is 11.6 Å². The molecule has 2 heterocycles. The van der Waals surface area contributed by atoms with Crippen molar-refractivity contribution >= 4 is 11.6 Å². The predicted molar refractivity (Wildman–Crippen MR) is 71.6 cm³/mol. The molecule has 19 heavy (non-hydrogen) atoms. The molecule has 0 spiro atoms. The van der Waals surface area contributed by atoms with Crippen LogP contribution in [0.25, 0.3) is 0 Å². The maximum Gasteiger partial charge on any atom is 0.329 e. The molecule has 0 bridgehead atoms. The Bertz CT molecular complexity index is 691. The van der Waals surface area contributed by atoms with Crippen molar-refractivity contribution in [3.63, 3.8) is 0 Å². The summed E-state index contributed by atoms with van der Waals surface area (Å²) in [5.74, 6) is -0.0755. The van der Waals surface area contributed by atoms with Gasteiger partial charge in [0.05, 0.1) is 17.8 Å². The third kappa shape index (κ3) is 2.73. The lowest BCUT2D eigenvalue weighted by Gasteiger charge is -2.10. The molecule has 0 radical (unpaired) electrons. The molecule has 2 aromatic rings. The Balaban J connectivity index is 2.56. The number of hydrogen-bond acceptors (Lipinski definition) is 4. The Morgan fingerprint density at radius 2 is 2.16 bits per heavy atom. The maximum absolute atomic E-state index is 12.3. The number of aromatic amines is 1. The molecule has 0 atom stereocenters. The molecule has 0 aromatic carbocycles. The van der Waals surface area contributed by atoms with Crippen molar-refractivity contribution < 1.29 is 0 Å². The highest BCUT2D eigenvalue weighted by molar-refractivity contribution is 6.30. The summed E-state index contributed by atoms with van der Waals surface area (Å²) in [7, 11) is 0. The fourth-order valence-electron chi connectivity index (χ4n) is 1.78. The average Bonchev–Trinajstić information content (AvgIpc) is 2.35. The summed E-state index contributed by atoms with van der Waals surface area (Å²) in [5, 5.41) is 0.101. The minimum absolute atomic E-state index is 0.0755. The molecule has 1 N–H and O–H groups in total. The second kappa shape index (κ2) is 5.36. The number of halogens is 1. The van der Waals surface area contributed by atoms with Crippen LogP contribution in [0.3, 0.4) is 0 Å². The van der Waals surface area contributed by atoms with E-state index in [9.17, 15) is 9.59 Å². The fourth-order valence-corrected chi connectivity index (χ4v) is 2.16. The SMILES string of the molecule is CC(C)c1c(Cl)[nH]c(=O)n(Cc2ccncn2)c1=O. The average molecular weight is 281 g/mol. The Morgan fingerprint density at radius 3 is 2.74 bits per heavy atom. The Labute approximate surface area is 114 Å². The van der Waals surface area contributed by atoms with Gasteiger partial charge in [0.2, 0.25) is 0 Å². The Morgan fingerprint density at radius 1 is 1.42 bits per heavy atom. The van der Waals surface area contributed by atoms with E-state index in [1.807, 2.05) is 13.8 Å². The van der Waals surface area contributed by atoms with E-state index in [4.69, 9.17) is 11.6 Å². The van der Waals surface area contributed by atoms with Crippen LogP contribution in [-0.4, -0.2) is 19.5 Å². The maximum atomic E-state index is 12.3. The molecule has 0 fully saturated rings. The number of H-pyrrole nitrogens is 1. The number of rotatable bonds is 3. The highest BCUT2D eigenvalue weighted by Gasteiger charge is 2.15. The van der Waals surface area contributed by atoms with Crippen molar-refractivity contribution in [3.8, 4) is 0 Å². The fraction of sp³-hybridized carbons (Fsp3) is 0.333. The van der Waals surface area contributed by atoms with Crippen LogP contribution in [0.1, 0.15) is 31.0 Å². The van der Waals surface area contributed by atoms with E-state index < -0.39 is 5.69 Å². The van der Waals surface area contributed by atoms with Gasteiger partial charge < -0.3 is 0 Å². The van der Waals surface area contributed by atoms with Gasteiger partial charge >= 0.3 is 5.69 Å². The monoisotopic (exact) mass is 280 g/mol. The molecule has 2 aromatic heterocycles. The first-order chi connectivity index (χ1) is 9.00. The third-order valence-corrected chi connectivity index (χ3v) is 3.01. The van der Waals surface area contributed by atoms with Gasteiger partial charge in [-0.3, -0.25) is 14.3 Å². The van der Waals surface area contributed by atoms with Gasteiger partial charge in [-0.15, -0.1) is 0 Å². The zero-order valence-electron chi connectivity index (χ0n) is 10.6. The zero-order valence-corrected chi connectivity index (χ0v) is 11.3. The number of nitrogens with zero attached hydrogens (tertiary/aromatic N) is 3. The molecule has 0 aliphatic heterocycles. The summed E-state index contributed by atoms with van der Waals surface area (Å²) in [4.78, 5) is 34.4. The summed E-state index contributed by atoms with van der Waals surface area (Å²) >= 11 is 5.91. The topological polar surface area (TPSA) is 80.6 Å². The van der Waals surface area contributed by atoms with Crippen molar-refractivity contribution in [1.82, 2.24) is 19.5 Å². The lowest BCUT2D eigenvalue weighted by atomic mass is 10.1. The number of aromatic nitrogens is 4. The van der Waals surface area contributed by atoms with Gasteiger partial charge in [-0.05, 0) is 12.0 Å². The minimum atomic E-state index is -0.544. The lowest BCUT2D eigenvalue weighted by Crippen LogP contribution is -2.38. The van der Waals surface area contributed by atoms with Gasteiger partial charge in [-0.1, -0.05) is 25.4 Å². The largest absolute Gasteiger partial charge is 0.329 e. The van der Waals surface area contributed by atoms with E-state index in [0.29, 0.717) is 11.3 Å². The van der Waals surface area contributed by atoms with Gasteiger partial charge in [0, 0.05) is 6.20 Å². The normalized spacial score (nSPS) is 10.9. The minimum Gasteiger partial charge on any atom is -0.297 e. The second-order valence-electron chi connectivity index (χ2n) is 4.40. The molecule has 0 saturated heterocycles. The van der Waals surface area contributed by atoms with Crippen LogP contribution in [0, 0.1) is 0 Å². The number of hydrogen-bond donors (Lipinski definition) is 1. The molecule has 2 rings (SSSR count). The summed E-state index contributed by atoms with van der Waals surface area (Å²) in [6.45, 7) is 3.78. The van der Waals surface area contributed by atoms with Crippen molar-refractivity contribution in [1.29, 1.82) is 0 Å².